The second kappa shape index (κ2) is 7.51. The molecular weight excluding hydrogens is 323 g/mol. The number of furan rings is 1. The highest BCUT2D eigenvalue weighted by Gasteiger charge is 2.11. The molecule has 2 aromatic rings. The van der Waals surface area contributed by atoms with Gasteiger partial charge in [0.2, 0.25) is 0 Å². The van der Waals surface area contributed by atoms with Gasteiger partial charge in [0.15, 0.2) is 0 Å². The molecule has 0 aliphatic rings. The molecule has 0 aliphatic carbocycles. The Morgan fingerprint density at radius 1 is 1.27 bits per heavy atom. The number of carbonyl (C=O) groups is 1. The van der Waals surface area contributed by atoms with E-state index in [0.717, 1.165) is 0 Å². The van der Waals surface area contributed by atoms with Gasteiger partial charge < -0.3 is 9.73 Å². The molecule has 4 nitrogen and oxygen atoms in total. The summed E-state index contributed by atoms with van der Waals surface area (Å²) in [6.07, 6.45) is 6.10. The number of nitrogens with one attached hydrogen (secondary N) is 1. The van der Waals surface area contributed by atoms with Crippen molar-refractivity contribution in [2.75, 3.05) is 5.32 Å². The van der Waals surface area contributed by atoms with Crippen molar-refractivity contribution in [3.8, 4) is 6.07 Å². The maximum atomic E-state index is 12.0. The minimum atomic E-state index is -0.573. The van der Waals surface area contributed by atoms with Gasteiger partial charge in [-0.1, -0.05) is 35.3 Å². The summed E-state index contributed by atoms with van der Waals surface area (Å²) >= 11 is 11.8. The normalized spacial score (nSPS) is 11.4. The number of nitrogens with zero attached hydrogens (tertiary/aromatic N) is 1. The fourth-order valence-electron chi connectivity index (χ4n) is 1.58. The van der Waals surface area contributed by atoms with Crippen molar-refractivity contribution in [3.05, 3.63) is 70.1 Å². The van der Waals surface area contributed by atoms with E-state index in [-0.39, 0.29) is 10.6 Å². The first-order valence-electron chi connectivity index (χ1n) is 6.19. The van der Waals surface area contributed by atoms with Crippen molar-refractivity contribution in [3.63, 3.8) is 0 Å². The first kappa shape index (κ1) is 15.9. The Hall–Kier alpha value is -2.48. The van der Waals surface area contributed by atoms with Crippen molar-refractivity contribution in [2.24, 2.45) is 0 Å². The number of allylic oxidation sites excluding steroid dienone is 2. The van der Waals surface area contributed by atoms with Crippen molar-refractivity contribution in [1.82, 2.24) is 0 Å². The Morgan fingerprint density at radius 3 is 2.77 bits per heavy atom. The Kier molecular flexibility index (Phi) is 5.42. The lowest BCUT2D eigenvalue weighted by molar-refractivity contribution is -0.112. The second-order valence-electron chi connectivity index (χ2n) is 4.12. The van der Waals surface area contributed by atoms with Crippen LogP contribution in [0.4, 0.5) is 5.69 Å². The summed E-state index contributed by atoms with van der Waals surface area (Å²) in [6, 6.07) is 10.2. The third kappa shape index (κ3) is 4.01. The predicted molar refractivity (Wildman–Crippen MR) is 86.5 cm³/mol. The summed E-state index contributed by atoms with van der Waals surface area (Å²) in [7, 11) is 0. The highest BCUT2D eigenvalue weighted by atomic mass is 35.5. The van der Waals surface area contributed by atoms with Gasteiger partial charge in [-0.25, -0.2) is 0 Å². The Bertz CT molecular complexity index is 772. The monoisotopic (exact) mass is 332 g/mol. The lowest BCUT2D eigenvalue weighted by Gasteiger charge is -2.07. The summed E-state index contributed by atoms with van der Waals surface area (Å²) < 4.78 is 5.10. The van der Waals surface area contributed by atoms with E-state index >= 15 is 0 Å². The van der Waals surface area contributed by atoms with Gasteiger partial charge in [-0.3, -0.25) is 4.79 Å². The van der Waals surface area contributed by atoms with E-state index < -0.39 is 5.91 Å². The summed E-state index contributed by atoms with van der Waals surface area (Å²) in [4.78, 5) is 12.0. The zero-order valence-electron chi connectivity index (χ0n) is 11.2. The van der Waals surface area contributed by atoms with Gasteiger partial charge in [0, 0.05) is 0 Å². The first-order chi connectivity index (χ1) is 10.6. The van der Waals surface area contributed by atoms with E-state index in [1.807, 2.05) is 6.07 Å². The van der Waals surface area contributed by atoms with Crippen LogP contribution < -0.4 is 5.32 Å². The molecule has 0 radical (unpaired) electrons. The largest absolute Gasteiger partial charge is 0.465 e. The lowest BCUT2D eigenvalue weighted by atomic mass is 10.2. The Balaban J connectivity index is 2.12. The summed E-state index contributed by atoms with van der Waals surface area (Å²) in [5, 5.41) is 12.1. The van der Waals surface area contributed by atoms with Crippen molar-refractivity contribution in [1.29, 1.82) is 5.26 Å². The van der Waals surface area contributed by atoms with E-state index in [1.165, 1.54) is 12.3 Å². The fraction of sp³-hybridized carbons (Fsp3) is 0. The predicted octanol–water partition coefficient (Wildman–Crippen LogP) is 4.69. The van der Waals surface area contributed by atoms with E-state index in [4.69, 9.17) is 32.9 Å². The van der Waals surface area contributed by atoms with Gasteiger partial charge in [0.25, 0.3) is 5.91 Å². The molecule has 6 heteroatoms. The molecule has 0 spiro atoms. The number of nitriles is 1. The number of anilines is 1. The zero-order valence-corrected chi connectivity index (χ0v) is 12.7. The van der Waals surface area contributed by atoms with E-state index in [2.05, 4.69) is 5.32 Å². The summed E-state index contributed by atoms with van der Waals surface area (Å²) in [6.45, 7) is 0. The SMILES string of the molecule is N#C/C(=C\C=C\c1ccco1)C(=O)Nc1cccc(Cl)c1Cl. The van der Waals surface area contributed by atoms with Gasteiger partial charge >= 0.3 is 0 Å². The molecule has 1 N–H and O–H groups in total. The standard InChI is InChI=1S/C16H10Cl2N2O2/c17-13-7-2-8-14(15(13)18)20-16(21)11(10-19)4-1-5-12-6-3-9-22-12/h1-9H,(H,20,21)/b5-1+,11-4+. The van der Waals surface area contributed by atoms with Crippen LogP contribution in [0, 0.1) is 11.3 Å². The van der Waals surface area contributed by atoms with Crippen LogP contribution in [0.5, 0.6) is 0 Å². The number of carbonyl (C=O) groups excluding carboxylic acids is 1. The van der Waals surface area contributed by atoms with Crippen molar-refractivity contribution in [2.45, 2.75) is 0 Å². The van der Waals surface area contributed by atoms with Gasteiger partial charge in [-0.05, 0) is 36.4 Å². The van der Waals surface area contributed by atoms with E-state index in [0.29, 0.717) is 16.5 Å². The second-order valence-corrected chi connectivity index (χ2v) is 4.91. The van der Waals surface area contributed by atoms with Crippen LogP contribution in [0.15, 0.2) is 58.7 Å². The van der Waals surface area contributed by atoms with Crippen LogP contribution in [0.25, 0.3) is 6.08 Å². The smallest absolute Gasteiger partial charge is 0.266 e. The molecule has 110 valence electrons. The molecular formula is C16H10Cl2N2O2. The number of halogens is 2. The molecule has 0 bridgehead atoms. The number of hydrogen-bond donors (Lipinski definition) is 1. The summed E-state index contributed by atoms with van der Waals surface area (Å²) in [5.41, 5.74) is 0.272. The average Bonchev–Trinajstić information content (AvgIpc) is 3.01. The third-order valence-electron chi connectivity index (χ3n) is 2.63. The topological polar surface area (TPSA) is 66.0 Å². The number of amides is 1. The van der Waals surface area contributed by atoms with E-state index in [1.54, 1.807) is 42.5 Å². The summed E-state index contributed by atoms with van der Waals surface area (Å²) in [5.74, 6) is 0.0441. The fourth-order valence-corrected chi connectivity index (χ4v) is 1.93. The first-order valence-corrected chi connectivity index (χ1v) is 6.94. The molecule has 1 aromatic carbocycles. The molecule has 0 atom stereocenters. The molecule has 2 rings (SSSR count). The third-order valence-corrected chi connectivity index (χ3v) is 3.45. The highest BCUT2D eigenvalue weighted by Crippen LogP contribution is 2.29. The highest BCUT2D eigenvalue weighted by molar-refractivity contribution is 6.44. The minimum absolute atomic E-state index is 0.0705. The molecule has 1 heterocycles. The molecule has 0 saturated heterocycles. The number of hydrogen-bond acceptors (Lipinski definition) is 3. The van der Waals surface area contributed by atoms with Crippen LogP contribution in [0.3, 0.4) is 0 Å². The number of rotatable bonds is 4. The quantitative estimate of drug-likeness (QED) is 0.501. The van der Waals surface area contributed by atoms with E-state index in [9.17, 15) is 4.79 Å². The maximum absolute atomic E-state index is 12.0. The maximum Gasteiger partial charge on any atom is 0.266 e. The van der Waals surface area contributed by atoms with Gasteiger partial charge in [-0.15, -0.1) is 0 Å². The zero-order chi connectivity index (χ0) is 15.9. The van der Waals surface area contributed by atoms with Gasteiger partial charge in [0.1, 0.15) is 17.4 Å². The van der Waals surface area contributed by atoms with Crippen LogP contribution in [-0.4, -0.2) is 5.91 Å². The lowest BCUT2D eigenvalue weighted by Crippen LogP contribution is -2.13. The van der Waals surface area contributed by atoms with Crippen LogP contribution in [-0.2, 0) is 4.79 Å². The Morgan fingerprint density at radius 2 is 2.09 bits per heavy atom. The van der Waals surface area contributed by atoms with Crippen molar-refractivity contribution < 1.29 is 9.21 Å². The molecule has 22 heavy (non-hydrogen) atoms. The molecule has 0 aliphatic heterocycles. The molecule has 0 saturated carbocycles. The molecule has 0 unspecified atom stereocenters. The average molecular weight is 333 g/mol. The minimum Gasteiger partial charge on any atom is -0.465 e. The van der Waals surface area contributed by atoms with Gasteiger partial charge in [-0.2, -0.15) is 5.26 Å². The Labute approximate surface area is 137 Å². The van der Waals surface area contributed by atoms with Crippen LogP contribution >= 0.6 is 23.2 Å². The van der Waals surface area contributed by atoms with Crippen LogP contribution in [0.1, 0.15) is 5.76 Å². The van der Waals surface area contributed by atoms with Crippen molar-refractivity contribution >= 4 is 40.9 Å². The van der Waals surface area contributed by atoms with Gasteiger partial charge in [0.05, 0.1) is 22.0 Å². The number of benzene rings is 1. The molecule has 0 fully saturated rings. The van der Waals surface area contributed by atoms with Crippen LogP contribution in [0.2, 0.25) is 10.0 Å². The molecule has 1 aromatic heterocycles. The molecule has 1 amide bonds.